The zero-order valence-corrected chi connectivity index (χ0v) is 33.6. The predicted octanol–water partition coefficient (Wildman–Crippen LogP) is 8.14. The molecule has 0 bridgehead atoms. The number of carbonyl (C=O) groups is 2. The molecule has 290 valence electrons. The minimum atomic E-state index is -3.44. The molecule has 1 unspecified atom stereocenters. The van der Waals surface area contributed by atoms with Gasteiger partial charge in [-0.3, -0.25) is 14.3 Å². The van der Waals surface area contributed by atoms with Crippen LogP contribution in [0.4, 0.5) is 21.2 Å². The van der Waals surface area contributed by atoms with Crippen LogP contribution in [-0.2, 0) is 21.7 Å². The van der Waals surface area contributed by atoms with Crippen molar-refractivity contribution in [1.82, 2.24) is 15.0 Å². The number of nitrogen functional groups attached to an aromatic ring is 1. The van der Waals surface area contributed by atoms with E-state index < -0.39 is 31.6 Å². The summed E-state index contributed by atoms with van der Waals surface area (Å²) in [6, 6.07) is 21.8. The van der Waals surface area contributed by atoms with Gasteiger partial charge in [-0.2, -0.15) is 0 Å². The summed E-state index contributed by atoms with van der Waals surface area (Å²) in [5, 5.41) is 21.9. The van der Waals surface area contributed by atoms with Crippen LogP contribution in [0.15, 0.2) is 102 Å². The molecular formula is C43H53FN6O4Si. The second-order valence-electron chi connectivity index (χ2n) is 15.7. The largest absolute Gasteiger partial charge is 0.399 e. The van der Waals surface area contributed by atoms with Crippen molar-refractivity contribution in [2.24, 2.45) is 5.92 Å². The number of nitrogens with zero attached hydrogens (tertiary/aromatic N) is 4. The van der Waals surface area contributed by atoms with Crippen molar-refractivity contribution in [1.29, 1.82) is 0 Å². The molecule has 1 spiro atoms. The van der Waals surface area contributed by atoms with Gasteiger partial charge in [-0.15, -0.1) is 5.10 Å². The lowest BCUT2D eigenvalue weighted by molar-refractivity contribution is -0.145. The molecule has 6 rings (SSSR count). The van der Waals surface area contributed by atoms with Crippen molar-refractivity contribution in [3.63, 3.8) is 0 Å². The first kappa shape index (κ1) is 39.8. The Balaban J connectivity index is 1.32. The first-order valence-electron chi connectivity index (χ1n) is 19.1. The summed E-state index contributed by atoms with van der Waals surface area (Å²) in [5.74, 6) is -1.38. The Hall–Kier alpha value is -4.91. The Morgan fingerprint density at radius 2 is 1.82 bits per heavy atom. The monoisotopic (exact) mass is 764 g/mol. The molecule has 55 heavy (non-hydrogen) atoms. The van der Waals surface area contributed by atoms with Crippen LogP contribution in [0.3, 0.4) is 0 Å². The van der Waals surface area contributed by atoms with E-state index in [1.165, 1.54) is 5.57 Å². The van der Waals surface area contributed by atoms with E-state index in [1.54, 1.807) is 53.0 Å². The molecule has 1 saturated heterocycles. The zero-order chi connectivity index (χ0) is 39.5. The standard InChI is InChI=1S/C43H53FN6O4Si/c1-28(2)11-10-12-29(3)21-24-50-38-20-19-34(46-41(52)32-15-17-33(45)18-16-32)25-36(38)43(42(50)53)30(4)40(55(5,6)44)39(54-43)22-23-49-26-37(47-48-49)35(27-51)31-13-8-7-9-14-31/h7-9,11,13-21,25-26,30,35,39-40,51H,10,12,22-24,27,45H2,1-6H3,(H,46,52)/b29-21+/t30-,35?,39+,40-,43+/m0/s1. The summed E-state index contributed by atoms with van der Waals surface area (Å²) in [6.07, 6.45) is 7.68. The first-order chi connectivity index (χ1) is 26.2. The molecule has 2 aliphatic rings. The van der Waals surface area contributed by atoms with E-state index in [9.17, 15) is 14.7 Å². The predicted molar refractivity (Wildman–Crippen MR) is 218 cm³/mol. The molecule has 5 atom stereocenters. The van der Waals surface area contributed by atoms with Gasteiger partial charge in [0.25, 0.3) is 11.8 Å². The average molecular weight is 765 g/mol. The summed E-state index contributed by atoms with van der Waals surface area (Å²) in [4.78, 5) is 30.0. The fourth-order valence-electron chi connectivity index (χ4n) is 8.25. The maximum absolute atomic E-state index is 16.6. The van der Waals surface area contributed by atoms with Crippen molar-refractivity contribution < 1.29 is 23.5 Å². The lowest BCUT2D eigenvalue weighted by Crippen LogP contribution is -2.45. The van der Waals surface area contributed by atoms with Crippen LogP contribution < -0.4 is 16.0 Å². The van der Waals surface area contributed by atoms with E-state index >= 15 is 4.11 Å². The highest BCUT2D eigenvalue weighted by atomic mass is 28.4. The van der Waals surface area contributed by atoms with Crippen molar-refractivity contribution >= 4 is 37.3 Å². The van der Waals surface area contributed by atoms with Gasteiger partial charge < -0.3 is 29.9 Å². The highest BCUT2D eigenvalue weighted by Gasteiger charge is 2.66. The zero-order valence-electron chi connectivity index (χ0n) is 32.6. The quantitative estimate of drug-likeness (QED) is 0.0511. The van der Waals surface area contributed by atoms with Crippen molar-refractivity contribution in [3.05, 3.63) is 125 Å². The fourth-order valence-corrected chi connectivity index (χ4v) is 10.8. The van der Waals surface area contributed by atoms with Gasteiger partial charge in [0.1, 0.15) is 0 Å². The van der Waals surface area contributed by atoms with Crippen LogP contribution in [0.1, 0.15) is 80.1 Å². The number of fused-ring (bicyclic) bond motifs is 2. The van der Waals surface area contributed by atoms with Crippen molar-refractivity contribution in [3.8, 4) is 0 Å². The molecule has 1 aromatic heterocycles. The van der Waals surface area contributed by atoms with E-state index in [1.807, 2.05) is 55.6 Å². The highest BCUT2D eigenvalue weighted by molar-refractivity contribution is 6.72. The topological polar surface area (TPSA) is 136 Å². The Morgan fingerprint density at radius 3 is 2.49 bits per heavy atom. The van der Waals surface area contributed by atoms with E-state index in [-0.39, 0.29) is 24.3 Å². The molecule has 12 heteroatoms. The SMILES string of the molecule is CC(C)=CCC/C(C)=C/CN1C(=O)[C@]2(O[C@H](CCn3cc(C(CO)c4ccccc4)nn3)[C@@H]([Si](C)(C)F)[C@@H]2C)c2cc(NC(=O)c3ccc(N)cc3)ccc21. The van der Waals surface area contributed by atoms with Gasteiger partial charge >= 0.3 is 0 Å². The summed E-state index contributed by atoms with van der Waals surface area (Å²) < 4.78 is 25.3. The first-order valence-corrected chi connectivity index (χ1v) is 22.0. The number of aryl methyl sites for hydroxylation is 1. The van der Waals surface area contributed by atoms with Crippen molar-refractivity contribution in [2.45, 2.75) is 89.8 Å². The molecule has 2 aliphatic heterocycles. The number of allylic oxidation sites excluding steroid dienone is 3. The lowest BCUT2D eigenvalue weighted by Gasteiger charge is -2.31. The number of amides is 2. The third-order valence-electron chi connectivity index (χ3n) is 11.0. The number of benzene rings is 3. The molecule has 0 radical (unpaired) electrons. The number of ether oxygens (including phenoxy) is 1. The summed E-state index contributed by atoms with van der Waals surface area (Å²) in [5.41, 5.74) is 10.7. The summed E-state index contributed by atoms with van der Waals surface area (Å²) >= 11 is 0. The Kier molecular flexibility index (Phi) is 11.9. The number of hydrogen-bond donors (Lipinski definition) is 3. The van der Waals surface area contributed by atoms with E-state index in [2.05, 4.69) is 48.6 Å². The molecular weight excluding hydrogens is 712 g/mol. The second kappa shape index (κ2) is 16.4. The van der Waals surface area contributed by atoms with E-state index in [0.717, 1.165) is 24.0 Å². The molecule has 2 amide bonds. The number of hydrogen-bond acceptors (Lipinski definition) is 7. The van der Waals surface area contributed by atoms with Crippen LogP contribution in [0.2, 0.25) is 18.6 Å². The smallest absolute Gasteiger partial charge is 0.264 e. The normalized spacial score (nSPS) is 21.5. The number of carbonyl (C=O) groups excluding carboxylic acids is 2. The Morgan fingerprint density at radius 1 is 1.09 bits per heavy atom. The van der Waals surface area contributed by atoms with Crippen molar-refractivity contribution in [2.75, 3.05) is 29.1 Å². The number of aromatic nitrogens is 3. The van der Waals surface area contributed by atoms with Gasteiger partial charge in [-0.05, 0) is 101 Å². The van der Waals surface area contributed by atoms with Crippen LogP contribution >= 0.6 is 0 Å². The number of anilines is 3. The fraction of sp³-hybridized carbons (Fsp3) is 0.395. The molecule has 10 nitrogen and oxygen atoms in total. The second-order valence-corrected chi connectivity index (χ2v) is 19.5. The molecule has 0 saturated carbocycles. The van der Waals surface area contributed by atoms with Gasteiger partial charge in [0.05, 0.1) is 30.0 Å². The van der Waals surface area contributed by atoms with Gasteiger partial charge in [0.15, 0.2) is 5.60 Å². The van der Waals surface area contributed by atoms with E-state index in [4.69, 9.17) is 10.5 Å². The number of rotatable bonds is 14. The maximum Gasteiger partial charge on any atom is 0.264 e. The van der Waals surface area contributed by atoms with Gasteiger partial charge in [0, 0.05) is 53.2 Å². The summed E-state index contributed by atoms with van der Waals surface area (Å²) in [6.45, 7) is 12.1. The lowest BCUT2D eigenvalue weighted by atomic mass is 9.82. The number of aliphatic hydroxyl groups is 1. The van der Waals surface area contributed by atoms with Crippen LogP contribution in [0.25, 0.3) is 0 Å². The maximum atomic E-state index is 16.6. The molecule has 0 aliphatic carbocycles. The highest BCUT2D eigenvalue weighted by Crippen LogP contribution is 2.60. The Labute approximate surface area is 324 Å². The number of nitrogens with two attached hydrogens (primary N) is 1. The summed E-state index contributed by atoms with van der Waals surface area (Å²) in [7, 11) is -3.44. The third-order valence-corrected chi connectivity index (χ3v) is 13.5. The molecule has 1 fully saturated rings. The minimum absolute atomic E-state index is 0.122. The van der Waals surface area contributed by atoms with Crippen LogP contribution in [-0.4, -0.2) is 59.6 Å². The number of halogens is 1. The minimum Gasteiger partial charge on any atom is -0.399 e. The van der Waals surface area contributed by atoms with Crippen LogP contribution in [0, 0.1) is 5.92 Å². The van der Waals surface area contributed by atoms with Gasteiger partial charge in [-0.25, -0.2) is 0 Å². The Bertz CT molecular complexity index is 2060. The third kappa shape index (κ3) is 8.36. The van der Waals surface area contributed by atoms with Crippen LogP contribution in [0.5, 0.6) is 0 Å². The molecule has 4 N–H and O–H groups in total. The number of nitrogens with one attached hydrogen (secondary N) is 1. The molecule has 4 aromatic rings. The van der Waals surface area contributed by atoms with Gasteiger partial charge in [0.2, 0.25) is 8.41 Å². The average Bonchev–Trinajstić information content (AvgIpc) is 3.80. The molecule has 3 aromatic carbocycles. The van der Waals surface area contributed by atoms with E-state index in [0.29, 0.717) is 53.4 Å². The molecule has 3 heterocycles. The van der Waals surface area contributed by atoms with Gasteiger partial charge in [-0.1, -0.05) is 65.8 Å². The number of aliphatic hydroxyl groups excluding tert-OH is 1.